The van der Waals surface area contributed by atoms with Crippen molar-refractivity contribution in [2.45, 2.75) is 0 Å². The molecule has 4 aromatic carbocycles. The highest BCUT2D eigenvalue weighted by molar-refractivity contribution is 9.10. The van der Waals surface area contributed by atoms with Gasteiger partial charge in [0.25, 0.3) is 5.91 Å². The quantitative estimate of drug-likeness (QED) is 0.0859. The third-order valence-electron chi connectivity index (χ3n) is 6.00. The van der Waals surface area contributed by atoms with E-state index in [2.05, 4.69) is 31.4 Å². The zero-order valence-corrected chi connectivity index (χ0v) is 23.2. The van der Waals surface area contributed by atoms with E-state index in [9.17, 15) is 14.0 Å². The van der Waals surface area contributed by atoms with Crippen LogP contribution in [0.3, 0.4) is 0 Å². The molecule has 1 heterocycles. The van der Waals surface area contributed by atoms with E-state index < -0.39 is 17.7 Å². The maximum atomic E-state index is 14.6. The second kappa shape index (κ2) is 11.7. The van der Waals surface area contributed by atoms with Gasteiger partial charge >= 0.3 is 5.97 Å². The summed E-state index contributed by atoms with van der Waals surface area (Å²) in [5.74, 6) is -1.10. The number of hydrazone groups is 1. The van der Waals surface area contributed by atoms with Gasteiger partial charge in [-0.1, -0.05) is 57.9 Å². The first-order chi connectivity index (χ1) is 19.4. The Morgan fingerprint density at radius 3 is 2.52 bits per heavy atom. The minimum Gasteiger partial charge on any atom is -0.493 e. The second-order valence-corrected chi connectivity index (χ2v) is 9.85. The minimum absolute atomic E-state index is 0.109. The molecule has 0 saturated heterocycles. The fourth-order valence-electron chi connectivity index (χ4n) is 4.11. The van der Waals surface area contributed by atoms with Crippen molar-refractivity contribution in [1.29, 1.82) is 0 Å². The van der Waals surface area contributed by atoms with Gasteiger partial charge in [-0.3, -0.25) is 4.79 Å². The maximum absolute atomic E-state index is 14.6. The van der Waals surface area contributed by atoms with E-state index in [1.807, 2.05) is 0 Å². The van der Waals surface area contributed by atoms with Crippen LogP contribution in [0.5, 0.6) is 11.5 Å². The summed E-state index contributed by atoms with van der Waals surface area (Å²) in [5.41, 5.74) is 4.75. The minimum atomic E-state index is -0.589. The topological polar surface area (TPSA) is 92.8 Å². The molecule has 0 fully saturated rings. The number of ether oxygens (including phenoxy) is 2. The summed E-state index contributed by atoms with van der Waals surface area (Å²) < 4.78 is 26.3. The van der Waals surface area contributed by atoms with Crippen molar-refractivity contribution in [2.24, 2.45) is 5.10 Å². The van der Waals surface area contributed by atoms with Crippen LogP contribution in [0, 0.1) is 5.82 Å². The number of carbonyl (C=O) groups is 2. The van der Waals surface area contributed by atoms with Gasteiger partial charge in [0.05, 0.1) is 24.4 Å². The van der Waals surface area contributed by atoms with Crippen molar-refractivity contribution in [3.63, 3.8) is 0 Å². The number of benzene rings is 4. The number of para-hydroxylation sites is 1. The average molecular weight is 621 g/mol. The van der Waals surface area contributed by atoms with E-state index in [4.69, 9.17) is 21.1 Å². The lowest BCUT2D eigenvalue weighted by molar-refractivity contribution is 0.0729. The van der Waals surface area contributed by atoms with Gasteiger partial charge in [0.15, 0.2) is 11.5 Å². The molecule has 0 aliphatic rings. The lowest BCUT2D eigenvalue weighted by atomic mass is 10.0. The summed E-state index contributed by atoms with van der Waals surface area (Å²) in [7, 11) is 1.44. The zero-order valence-electron chi connectivity index (χ0n) is 20.9. The summed E-state index contributed by atoms with van der Waals surface area (Å²) in [5, 5.41) is 4.98. The number of nitrogens with one attached hydrogen (secondary N) is 2. The molecule has 5 aromatic rings. The van der Waals surface area contributed by atoms with Crippen LogP contribution in [0.15, 0.2) is 94.5 Å². The lowest BCUT2D eigenvalue weighted by Crippen LogP contribution is -2.19. The highest BCUT2D eigenvalue weighted by Crippen LogP contribution is 2.37. The molecule has 0 spiro atoms. The average Bonchev–Trinajstić information content (AvgIpc) is 3.35. The molecular weight excluding hydrogens is 601 g/mol. The number of nitrogens with zero attached hydrogens (tertiary/aromatic N) is 1. The van der Waals surface area contributed by atoms with Crippen LogP contribution in [0.2, 0.25) is 5.02 Å². The van der Waals surface area contributed by atoms with E-state index in [-0.39, 0.29) is 17.0 Å². The number of rotatable bonds is 7. The smallest absolute Gasteiger partial charge is 0.343 e. The van der Waals surface area contributed by atoms with Crippen molar-refractivity contribution >= 4 is 56.5 Å². The molecule has 0 aliphatic heterocycles. The van der Waals surface area contributed by atoms with Gasteiger partial charge in [-0.25, -0.2) is 14.6 Å². The van der Waals surface area contributed by atoms with Crippen LogP contribution in [-0.4, -0.2) is 30.2 Å². The zero-order chi connectivity index (χ0) is 28.2. The summed E-state index contributed by atoms with van der Waals surface area (Å²) in [6.07, 6.45) is 1.40. The van der Waals surface area contributed by atoms with Crippen LogP contribution in [0.1, 0.15) is 26.4 Å². The molecule has 2 N–H and O–H groups in total. The van der Waals surface area contributed by atoms with Crippen molar-refractivity contribution in [3.8, 4) is 22.6 Å². The molecule has 1 amide bonds. The number of carbonyl (C=O) groups excluding carboxylic acids is 2. The van der Waals surface area contributed by atoms with E-state index in [1.165, 1.54) is 19.4 Å². The molecule has 0 atom stereocenters. The van der Waals surface area contributed by atoms with E-state index in [0.29, 0.717) is 38.4 Å². The van der Waals surface area contributed by atoms with Gasteiger partial charge in [-0.15, -0.1) is 0 Å². The van der Waals surface area contributed by atoms with Gasteiger partial charge in [0, 0.05) is 26.0 Å². The molecule has 10 heteroatoms. The van der Waals surface area contributed by atoms with Gasteiger partial charge in [-0.05, 0) is 60.2 Å². The molecule has 7 nitrogen and oxygen atoms in total. The number of halogens is 3. The number of hydrogen-bond donors (Lipinski definition) is 2. The van der Waals surface area contributed by atoms with Crippen molar-refractivity contribution < 1.29 is 23.5 Å². The Balaban J connectivity index is 1.37. The number of H-pyrrole nitrogens is 1. The van der Waals surface area contributed by atoms with Gasteiger partial charge < -0.3 is 14.5 Å². The molecule has 0 radical (unpaired) electrons. The Morgan fingerprint density at radius 1 is 1.00 bits per heavy atom. The molecule has 200 valence electrons. The largest absolute Gasteiger partial charge is 0.493 e. The van der Waals surface area contributed by atoms with Crippen LogP contribution >= 0.6 is 27.5 Å². The number of fused-ring (bicyclic) bond motifs is 1. The van der Waals surface area contributed by atoms with Gasteiger partial charge in [-0.2, -0.15) is 5.10 Å². The molecule has 0 bridgehead atoms. The first-order valence-electron chi connectivity index (χ1n) is 11.9. The second-order valence-electron chi connectivity index (χ2n) is 8.52. The Bertz CT molecular complexity index is 1770. The van der Waals surface area contributed by atoms with Gasteiger partial charge in [0.2, 0.25) is 0 Å². The Labute approximate surface area is 241 Å². The molecule has 5 rings (SSSR count). The van der Waals surface area contributed by atoms with Crippen LogP contribution in [0.4, 0.5) is 4.39 Å². The Hall–Kier alpha value is -4.47. The molecule has 0 aliphatic carbocycles. The summed E-state index contributed by atoms with van der Waals surface area (Å²) in [6, 6.07) is 23.2. The normalized spacial score (nSPS) is 11.1. The molecule has 0 saturated carbocycles. The summed E-state index contributed by atoms with van der Waals surface area (Å²) in [6.45, 7) is 0. The fraction of sp³-hybridized carbons (Fsp3) is 0.0333. The number of esters is 1. The number of amides is 1. The van der Waals surface area contributed by atoms with Crippen LogP contribution in [-0.2, 0) is 0 Å². The van der Waals surface area contributed by atoms with E-state index >= 15 is 0 Å². The van der Waals surface area contributed by atoms with Crippen molar-refractivity contribution in [2.75, 3.05) is 7.11 Å². The van der Waals surface area contributed by atoms with E-state index in [1.54, 1.807) is 78.9 Å². The monoisotopic (exact) mass is 619 g/mol. The predicted molar refractivity (Wildman–Crippen MR) is 156 cm³/mol. The lowest BCUT2D eigenvalue weighted by Gasteiger charge is -2.10. The number of aromatic nitrogens is 1. The number of aromatic amines is 1. The Kier molecular flexibility index (Phi) is 7.95. The molecular formula is C30H20BrClFN3O4. The fourth-order valence-corrected chi connectivity index (χ4v) is 4.61. The van der Waals surface area contributed by atoms with Crippen LogP contribution in [0.25, 0.3) is 22.0 Å². The molecule has 40 heavy (non-hydrogen) atoms. The highest BCUT2D eigenvalue weighted by Gasteiger charge is 2.22. The predicted octanol–water partition coefficient (Wildman–Crippen LogP) is 7.38. The first-order valence-corrected chi connectivity index (χ1v) is 13.1. The van der Waals surface area contributed by atoms with Crippen LogP contribution < -0.4 is 14.9 Å². The number of methoxy groups -OCH3 is 1. The van der Waals surface area contributed by atoms with E-state index in [0.717, 1.165) is 4.47 Å². The highest BCUT2D eigenvalue weighted by atomic mass is 79.9. The SMILES string of the molecule is COc1cc(C=NNC(=O)c2[nH]c3c(F)cccc3c2-c2ccccc2Cl)ccc1OC(=O)c1ccc(Br)cc1. The van der Waals surface area contributed by atoms with Gasteiger partial charge in [0.1, 0.15) is 11.5 Å². The maximum Gasteiger partial charge on any atom is 0.343 e. The standard InChI is InChI=1S/C30H20BrClFN3O4/c1-39-25-15-17(9-14-24(25)40-30(38)18-10-12-19(31)13-11-18)16-34-36-29(37)28-26(20-5-2-3-7-22(20)32)21-6-4-8-23(33)27(21)35-28/h2-16,35H,1H3,(H,36,37). The third-order valence-corrected chi connectivity index (χ3v) is 6.86. The Morgan fingerprint density at radius 2 is 1.77 bits per heavy atom. The molecule has 0 unspecified atom stereocenters. The summed E-state index contributed by atoms with van der Waals surface area (Å²) in [4.78, 5) is 28.5. The third kappa shape index (κ3) is 5.61. The molecule has 1 aromatic heterocycles. The van der Waals surface area contributed by atoms with Crippen molar-refractivity contribution in [1.82, 2.24) is 10.4 Å². The number of hydrogen-bond acceptors (Lipinski definition) is 5. The van der Waals surface area contributed by atoms with Crippen molar-refractivity contribution in [3.05, 3.63) is 117 Å². The summed E-state index contributed by atoms with van der Waals surface area (Å²) >= 11 is 9.75. The first kappa shape index (κ1) is 27.1.